The molecular weight excluding hydrogens is 358 g/mol. The van der Waals surface area contributed by atoms with Crippen molar-refractivity contribution in [1.82, 2.24) is 4.90 Å². The minimum atomic E-state index is -1.33. The molecule has 28 heavy (non-hydrogen) atoms. The van der Waals surface area contributed by atoms with E-state index in [-0.39, 0.29) is 13.0 Å². The number of nitrogens with zero attached hydrogens (tertiary/aromatic N) is 1. The summed E-state index contributed by atoms with van der Waals surface area (Å²) in [5.41, 5.74) is 0.302. The number of cyclic esters (lactones) is 1. The molecule has 1 fully saturated rings. The molecule has 1 saturated heterocycles. The molecule has 0 spiro atoms. The lowest BCUT2D eigenvalue weighted by Crippen LogP contribution is -2.39. The van der Waals surface area contributed by atoms with Gasteiger partial charge >= 0.3 is 12.1 Å². The third-order valence-electron chi connectivity index (χ3n) is 4.57. The van der Waals surface area contributed by atoms with Gasteiger partial charge in [-0.2, -0.15) is 0 Å². The van der Waals surface area contributed by atoms with E-state index in [1.54, 1.807) is 12.3 Å². The van der Waals surface area contributed by atoms with E-state index < -0.39 is 17.7 Å². The van der Waals surface area contributed by atoms with E-state index in [1.807, 2.05) is 60.7 Å². The highest BCUT2D eigenvalue weighted by atomic mass is 16.6. The number of amides is 1. The van der Waals surface area contributed by atoms with E-state index in [0.717, 1.165) is 5.56 Å². The van der Waals surface area contributed by atoms with E-state index in [0.29, 0.717) is 18.7 Å². The Balaban J connectivity index is 1.89. The van der Waals surface area contributed by atoms with E-state index in [9.17, 15) is 9.59 Å². The van der Waals surface area contributed by atoms with Crippen molar-refractivity contribution in [2.24, 2.45) is 0 Å². The highest BCUT2D eigenvalue weighted by Gasteiger charge is 2.42. The minimum absolute atomic E-state index is 0.209. The normalized spacial score (nSPS) is 16.0. The fraction of sp³-hybridized carbons (Fsp3) is 0.273. The Morgan fingerprint density at radius 2 is 1.82 bits per heavy atom. The van der Waals surface area contributed by atoms with Crippen molar-refractivity contribution in [2.75, 3.05) is 20.3 Å². The van der Waals surface area contributed by atoms with Crippen molar-refractivity contribution < 1.29 is 23.8 Å². The molecule has 2 aromatic rings. The molecule has 0 saturated carbocycles. The van der Waals surface area contributed by atoms with Gasteiger partial charge in [-0.05, 0) is 11.1 Å². The molecule has 1 aliphatic heterocycles. The van der Waals surface area contributed by atoms with Crippen LogP contribution in [0.5, 0.6) is 0 Å². The largest absolute Gasteiger partial charge is 0.467 e. The molecule has 3 rings (SSSR count). The molecule has 0 bridgehead atoms. The highest BCUT2D eigenvalue weighted by Crippen LogP contribution is 2.33. The molecule has 6 nitrogen and oxygen atoms in total. The molecule has 1 amide bonds. The summed E-state index contributed by atoms with van der Waals surface area (Å²) in [7, 11) is 1.34. The van der Waals surface area contributed by atoms with Crippen LogP contribution >= 0.6 is 0 Å². The lowest BCUT2D eigenvalue weighted by molar-refractivity contribution is -0.173. The Labute approximate surface area is 164 Å². The molecule has 0 aromatic heterocycles. The van der Waals surface area contributed by atoms with E-state index in [1.165, 1.54) is 12.0 Å². The topological polar surface area (TPSA) is 65.1 Å². The van der Waals surface area contributed by atoms with Gasteiger partial charge in [0, 0.05) is 12.6 Å². The number of rotatable bonds is 8. The fourth-order valence-corrected chi connectivity index (χ4v) is 3.06. The van der Waals surface area contributed by atoms with Crippen LogP contribution < -0.4 is 0 Å². The van der Waals surface area contributed by atoms with Crippen LogP contribution in [0.25, 0.3) is 0 Å². The molecule has 2 aromatic carbocycles. The van der Waals surface area contributed by atoms with Gasteiger partial charge in [0.15, 0.2) is 5.60 Å². The number of hydrogen-bond acceptors (Lipinski definition) is 5. The molecule has 6 heteroatoms. The molecule has 0 radical (unpaired) electrons. The van der Waals surface area contributed by atoms with Crippen LogP contribution in [0.1, 0.15) is 17.5 Å². The predicted molar refractivity (Wildman–Crippen MR) is 103 cm³/mol. The number of carbonyl (C=O) groups excluding carboxylic acids is 2. The van der Waals surface area contributed by atoms with Crippen molar-refractivity contribution in [2.45, 2.75) is 18.6 Å². The first-order valence-corrected chi connectivity index (χ1v) is 9.07. The van der Waals surface area contributed by atoms with Crippen molar-refractivity contribution in [3.63, 3.8) is 0 Å². The third kappa shape index (κ3) is 4.40. The van der Waals surface area contributed by atoms with Crippen LogP contribution in [-0.2, 0) is 31.2 Å². The van der Waals surface area contributed by atoms with Gasteiger partial charge in [-0.3, -0.25) is 4.90 Å². The van der Waals surface area contributed by atoms with Crippen LogP contribution in [-0.4, -0.2) is 37.2 Å². The molecule has 0 N–H and O–H groups in total. The number of esters is 1. The number of methoxy groups -OCH3 is 1. The summed E-state index contributed by atoms with van der Waals surface area (Å²) in [6.45, 7) is 1.08. The summed E-state index contributed by atoms with van der Waals surface area (Å²) in [6.07, 6.45) is 3.17. The van der Waals surface area contributed by atoms with Gasteiger partial charge in [0.2, 0.25) is 0 Å². The number of hydrogen-bond donors (Lipinski definition) is 0. The number of benzene rings is 2. The van der Waals surface area contributed by atoms with Crippen molar-refractivity contribution in [1.29, 1.82) is 0 Å². The molecule has 1 atom stereocenters. The maximum absolute atomic E-state index is 12.9. The van der Waals surface area contributed by atoms with Gasteiger partial charge in [-0.15, -0.1) is 0 Å². The number of ether oxygens (including phenoxy) is 3. The zero-order valence-corrected chi connectivity index (χ0v) is 15.7. The Kier molecular flexibility index (Phi) is 6.45. The van der Waals surface area contributed by atoms with Crippen LogP contribution in [0, 0.1) is 0 Å². The van der Waals surface area contributed by atoms with Crippen LogP contribution in [0.2, 0.25) is 0 Å². The van der Waals surface area contributed by atoms with Crippen molar-refractivity contribution in [3.05, 3.63) is 84.1 Å². The summed E-state index contributed by atoms with van der Waals surface area (Å²) in [5, 5.41) is 0. The Morgan fingerprint density at radius 1 is 1.14 bits per heavy atom. The maximum atomic E-state index is 12.9. The first-order valence-electron chi connectivity index (χ1n) is 9.07. The zero-order valence-electron chi connectivity index (χ0n) is 15.7. The molecule has 1 heterocycles. The van der Waals surface area contributed by atoms with Gasteiger partial charge < -0.3 is 14.2 Å². The lowest BCUT2D eigenvalue weighted by atomic mass is 9.89. The van der Waals surface area contributed by atoms with E-state index >= 15 is 0 Å². The highest BCUT2D eigenvalue weighted by molar-refractivity contribution is 5.81. The monoisotopic (exact) mass is 381 g/mol. The predicted octanol–water partition coefficient (Wildman–Crippen LogP) is 3.63. The Bertz CT molecular complexity index is 821. The van der Waals surface area contributed by atoms with Gasteiger partial charge in [-0.1, -0.05) is 66.7 Å². The van der Waals surface area contributed by atoms with Crippen LogP contribution in [0.4, 0.5) is 4.79 Å². The standard InChI is InChI=1S/C22H23NO5/c1-26-20(24)22(19-11-6-3-7-12-19,28-17-18-9-4-2-5-10-18)13-8-14-23-15-16-27-21(23)25/h2-12,14H,13,15-17H2,1H3/b14-8+/t22-/m1/s1. The molecule has 146 valence electrons. The summed E-state index contributed by atoms with van der Waals surface area (Å²) >= 11 is 0. The smallest absolute Gasteiger partial charge is 0.413 e. The van der Waals surface area contributed by atoms with E-state index in [2.05, 4.69) is 0 Å². The average Bonchev–Trinajstić information content (AvgIpc) is 3.16. The molecule has 0 unspecified atom stereocenters. The lowest BCUT2D eigenvalue weighted by Gasteiger charge is -2.31. The second kappa shape index (κ2) is 9.19. The number of carbonyl (C=O) groups is 2. The van der Waals surface area contributed by atoms with Crippen LogP contribution in [0.15, 0.2) is 72.9 Å². The van der Waals surface area contributed by atoms with E-state index in [4.69, 9.17) is 14.2 Å². The molecular formula is C22H23NO5. The first-order chi connectivity index (χ1) is 13.7. The molecule has 0 aliphatic carbocycles. The Hall–Kier alpha value is -3.12. The fourth-order valence-electron chi connectivity index (χ4n) is 3.06. The zero-order chi connectivity index (χ0) is 19.8. The quantitative estimate of drug-likeness (QED) is 0.654. The Morgan fingerprint density at radius 3 is 2.43 bits per heavy atom. The van der Waals surface area contributed by atoms with Gasteiger partial charge in [0.25, 0.3) is 0 Å². The summed E-state index contributed by atoms with van der Waals surface area (Å²) in [6, 6.07) is 18.9. The van der Waals surface area contributed by atoms with Gasteiger partial charge in [0.1, 0.15) is 6.61 Å². The second-order valence-electron chi connectivity index (χ2n) is 6.36. The summed E-state index contributed by atoms with van der Waals surface area (Å²) < 4.78 is 16.2. The van der Waals surface area contributed by atoms with Crippen molar-refractivity contribution in [3.8, 4) is 0 Å². The SMILES string of the molecule is COC(=O)[C@](C/C=C/N1CCOC1=O)(OCc1ccccc1)c1ccccc1. The van der Waals surface area contributed by atoms with Crippen LogP contribution in [0.3, 0.4) is 0 Å². The van der Waals surface area contributed by atoms with Crippen molar-refractivity contribution >= 4 is 12.1 Å². The second-order valence-corrected chi connectivity index (χ2v) is 6.36. The first kappa shape index (κ1) is 19.6. The van der Waals surface area contributed by atoms with Gasteiger partial charge in [0.05, 0.1) is 20.3 Å². The van der Waals surface area contributed by atoms with Gasteiger partial charge in [-0.25, -0.2) is 9.59 Å². The summed E-state index contributed by atoms with van der Waals surface area (Å²) in [4.78, 5) is 26.0. The average molecular weight is 381 g/mol. The maximum Gasteiger partial charge on any atom is 0.413 e. The minimum Gasteiger partial charge on any atom is -0.467 e. The third-order valence-corrected chi connectivity index (χ3v) is 4.57. The summed E-state index contributed by atoms with van der Waals surface area (Å²) in [5.74, 6) is -0.497. The molecule has 1 aliphatic rings.